The summed E-state index contributed by atoms with van der Waals surface area (Å²) in [5, 5.41) is 9.36. The first-order valence-electron chi connectivity index (χ1n) is 10.9. The SMILES string of the molecule is CC1=[C-]CC=C1.Cc1cc(O)cc(C(C)(C)C)c1.[Ti+]=[C](c1ccccc1)c1ccccc1. The molecule has 0 spiro atoms. The second-order valence-electron chi connectivity index (χ2n) is 8.88. The number of phenolic OH excluding ortho intramolecular Hbond substituents is 1. The van der Waals surface area contributed by atoms with Crippen LogP contribution in [-0.2, 0) is 25.4 Å². The molecule has 0 fully saturated rings. The van der Waals surface area contributed by atoms with Gasteiger partial charge in [0.1, 0.15) is 5.75 Å². The monoisotopic (exact) mass is 457 g/mol. The Kier molecular flexibility index (Phi) is 10.1. The molecule has 1 nitrogen and oxygen atoms in total. The van der Waals surface area contributed by atoms with Crippen molar-refractivity contribution in [3.05, 3.63) is 125 Å². The standard InChI is InChI=1S/C13H10.C11H16O.C6H7.Ti/c1-3-7-12(8-4-1)11-13-9-5-2-6-10-13;1-8-5-9(11(2,3)4)7-10(12)6-8;1-6-4-2-3-5-6;/h1-10H;5-7,12H,1-4H3;2,4H,3H2,1H3;/q;;-1;+1. The molecule has 1 N–H and O–H groups in total. The van der Waals surface area contributed by atoms with Crippen LogP contribution < -0.4 is 0 Å². The van der Waals surface area contributed by atoms with Gasteiger partial charge in [0, 0.05) is 0 Å². The van der Waals surface area contributed by atoms with Crippen LogP contribution >= 0.6 is 0 Å². The Balaban J connectivity index is 0.000000183. The molecule has 4 rings (SSSR count). The van der Waals surface area contributed by atoms with Crippen LogP contribution in [-0.4, -0.2) is 8.92 Å². The van der Waals surface area contributed by atoms with E-state index >= 15 is 0 Å². The third kappa shape index (κ3) is 8.95. The van der Waals surface area contributed by atoms with Crippen molar-refractivity contribution in [2.45, 2.75) is 46.5 Å². The molecule has 1 aliphatic carbocycles. The number of aryl methyl sites for hydroxylation is 1. The summed E-state index contributed by atoms with van der Waals surface area (Å²) in [4.78, 5) is 0. The maximum atomic E-state index is 9.36. The molecule has 0 amide bonds. The molecule has 32 heavy (non-hydrogen) atoms. The van der Waals surface area contributed by atoms with Gasteiger partial charge in [-0.3, -0.25) is 6.08 Å². The first-order chi connectivity index (χ1) is 15.2. The van der Waals surface area contributed by atoms with Gasteiger partial charge in [-0.15, -0.1) is 6.42 Å². The predicted molar refractivity (Wildman–Crippen MR) is 134 cm³/mol. The number of hydrogen-bond donors (Lipinski definition) is 1. The normalized spacial score (nSPS) is 12.2. The molecule has 0 saturated carbocycles. The van der Waals surface area contributed by atoms with Crippen LogP contribution in [0, 0.1) is 13.0 Å². The average Bonchev–Trinajstić information content (AvgIpc) is 3.25. The van der Waals surface area contributed by atoms with Crippen LogP contribution in [0.1, 0.15) is 56.4 Å². The van der Waals surface area contributed by atoms with Crippen molar-refractivity contribution in [3.63, 3.8) is 0 Å². The predicted octanol–water partition coefficient (Wildman–Crippen LogP) is 7.50. The van der Waals surface area contributed by atoms with Crippen LogP contribution in [0.25, 0.3) is 0 Å². The fourth-order valence-corrected chi connectivity index (χ4v) is 3.61. The molecule has 1 aliphatic rings. The quantitative estimate of drug-likeness (QED) is 0.312. The summed E-state index contributed by atoms with van der Waals surface area (Å²) in [5.41, 5.74) is 6.26. The molecular weight excluding hydrogens is 424 g/mol. The molecule has 0 heterocycles. The minimum absolute atomic E-state index is 0.115. The first-order valence-corrected chi connectivity index (χ1v) is 11.7. The molecule has 163 valence electrons. The van der Waals surface area contributed by atoms with Gasteiger partial charge >= 0.3 is 95.6 Å². The van der Waals surface area contributed by atoms with Gasteiger partial charge in [-0.2, -0.15) is 6.08 Å². The molecule has 3 aromatic carbocycles. The van der Waals surface area contributed by atoms with E-state index in [4.69, 9.17) is 0 Å². The average molecular weight is 457 g/mol. The fraction of sp³-hybridized carbons (Fsp3) is 0.233. The van der Waals surface area contributed by atoms with Gasteiger partial charge in [0.05, 0.1) is 0 Å². The van der Waals surface area contributed by atoms with Gasteiger partial charge in [-0.05, 0) is 35.6 Å². The van der Waals surface area contributed by atoms with Crippen molar-refractivity contribution in [1.29, 1.82) is 0 Å². The van der Waals surface area contributed by atoms with Crippen molar-refractivity contribution >= 4 is 3.81 Å². The van der Waals surface area contributed by atoms with E-state index in [2.05, 4.69) is 120 Å². The second-order valence-corrected chi connectivity index (χ2v) is 9.66. The third-order valence-corrected chi connectivity index (χ3v) is 5.82. The minimum atomic E-state index is 0.115. The van der Waals surface area contributed by atoms with E-state index < -0.39 is 0 Å². The molecule has 3 aromatic rings. The zero-order chi connectivity index (χ0) is 23.6. The Hall–Kier alpha value is -2.48. The van der Waals surface area contributed by atoms with E-state index in [1.165, 1.54) is 26.1 Å². The Labute approximate surface area is 205 Å². The number of hydrogen-bond acceptors (Lipinski definition) is 1. The van der Waals surface area contributed by atoms with E-state index in [-0.39, 0.29) is 5.41 Å². The van der Waals surface area contributed by atoms with Crippen molar-refractivity contribution in [3.8, 4) is 5.75 Å². The topological polar surface area (TPSA) is 20.2 Å². The number of phenols is 1. The molecular formula is C30H33OTi. The van der Waals surface area contributed by atoms with Gasteiger partial charge < -0.3 is 5.11 Å². The van der Waals surface area contributed by atoms with Crippen molar-refractivity contribution in [2.75, 3.05) is 0 Å². The Bertz CT molecular complexity index is 990. The van der Waals surface area contributed by atoms with Gasteiger partial charge in [-0.1, -0.05) is 33.8 Å². The van der Waals surface area contributed by atoms with Gasteiger partial charge in [-0.25, -0.2) is 11.6 Å². The molecule has 2 heteroatoms. The Morgan fingerprint density at radius 3 is 1.72 bits per heavy atom. The van der Waals surface area contributed by atoms with Crippen molar-refractivity contribution < 1.29 is 25.1 Å². The molecule has 0 saturated heterocycles. The number of allylic oxidation sites excluding steroid dienone is 4. The maximum absolute atomic E-state index is 9.36. The van der Waals surface area contributed by atoms with E-state index in [9.17, 15) is 5.11 Å². The van der Waals surface area contributed by atoms with Gasteiger partial charge in [0.15, 0.2) is 0 Å². The summed E-state index contributed by atoms with van der Waals surface area (Å²) < 4.78 is 1.33. The van der Waals surface area contributed by atoms with Crippen molar-refractivity contribution in [1.82, 2.24) is 0 Å². The Morgan fingerprint density at radius 2 is 1.38 bits per heavy atom. The third-order valence-electron chi connectivity index (χ3n) is 4.92. The molecule has 0 radical (unpaired) electrons. The van der Waals surface area contributed by atoms with E-state index in [0.29, 0.717) is 5.75 Å². The van der Waals surface area contributed by atoms with E-state index in [0.717, 1.165) is 12.0 Å². The fourth-order valence-electron chi connectivity index (χ4n) is 3.09. The van der Waals surface area contributed by atoms with Crippen molar-refractivity contribution in [2.24, 2.45) is 0 Å². The summed E-state index contributed by atoms with van der Waals surface area (Å²) in [7, 11) is 0. The molecule has 0 aliphatic heterocycles. The van der Waals surface area contributed by atoms with Crippen LogP contribution in [0.2, 0.25) is 0 Å². The summed E-state index contributed by atoms with van der Waals surface area (Å²) in [6.07, 6.45) is 8.33. The number of benzene rings is 3. The summed E-state index contributed by atoms with van der Waals surface area (Å²) in [6.45, 7) is 10.5. The van der Waals surface area contributed by atoms with Crippen LogP contribution in [0.4, 0.5) is 0 Å². The van der Waals surface area contributed by atoms with Gasteiger partial charge in [0.25, 0.3) is 0 Å². The summed E-state index contributed by atoms with van der Waals surface area (Å²) in [5.74, 6) is 0.361. The molecule has 0 unspecified atom stereocenters. The molecule has 0 aromatic heterocycles. The zero-order valence-electron chi connectivity index (χ0n) is 19.8. The second kappa shape index (κ2) is 12.5. The van der Waals surface area contributed by atoms with E-state index in [1.807, 2.05) is 25.1 Å². The summed E-state index contributed by atoms with van der Waals surface area (Å²) >= 11 is 2.16. The summed E-state index contributed by atoms with van der Waals surface area (Å²) in [6, 6.07) is 26.6. The Morgan fingerprint density at radius 1 is 0.844 bits per heavy atom. The van der Waals surface area contributed by atoms with Crippen LogP contribution in [0.15, 0.2) is 96.6 Å². The molecule has 0 atom stereocenters. The van der Waals surface area contributed by atoms with Crippen LogP contribution in [0.3, 0.4) is 0 Å². The van der Waals surface area contributed by atoms with Gasteiger partial charge in [0.2, 0.25) is 0 Å². The van der Waals surface area contributed by atoms with E-state index in [1.54, 1.807) is 6.07 Å². The number of rotatable bonds is 2. The molecule has 0 bridgehead atoms. The number of aromatic hydroxyl groups is 1. The first kappa shape index (κ1) is 25.8. The zero-order valence-corrected chi connectivity index (χ0v) is 21.4. The van der Waals surface area contributed by atoms with Crippen LogP contribution in [0.5, 0.6) is 5.75 Å².